The van der Waals surface area contributed by atoms with Crippen LogP contribution in [0.3, 0.4) is 0 Å². The van der Waals surface area contributed by atoms with E-state index in [1.165, 1.54) is 0 Å². The maximum absolute atomic E-state index is 7.53. The molecule has 0 spiro atoms. The van der Waals surface area contributed by atoms with Crippen LogP contribution >= 0.6 is 0 Å². The summed E-state index contributed by atoms with van der Waals surface area (Å²) in [5.41, 5.74) is 15.1. The number of furan rings is 1. The molecule has 4 rings (SSSR count). The third-order valence-electron chi connectivity index (χ3n) is 4.23. The lowest BCUT2D eigenvalue weighted by molar-refractivity contribution is 0.604. The summed E-state index contributed by atoms with van der Waals surface area (Å²) in [5, 5.41) is 16.9. The van der Waals surface area contributed by atoms with Gasteiger partial charge in [-0.3, -0.25) is 10.8 Å². The van der Waals surface area contributed by atoms with Crippen molar-refractivity contribution >= 4 is 45.7 Å². The van der Waals surface area contributed by atoms with Gasteiger partial charge in [-0.05, 0) is 60.7 Å². The molecule has 0 radical (unpaired) electrons. The number of nitrogen functional groups attached to an aromatic ring is 2. The molecule has 6 heteroatoms. The zero-order chi connectivity index (χ0) is 18.3. The highest BCUT2D eigenvalue weighted by atomic mass is 16.3. The molecule has 4 aromatic rings. The van der Waals surface area contributed by atoms with E-state index >= 15 is 0 Å². The highest BCUT2D eigenvalue weighted by Crippen LogP contribution is 2.23. The van der Waals surface area contributed by atoms with E-state index in [0.29, 0.717) is 16.9 Å². The van der Waals surface area contributed by atoms with Crippen LogP contribution in [0.4, 0.5) is 0 Å². The second-order valence-corrected chi connectivity index (χ2v) is 6.09. The number of fused-ring (bicyclic) bond motifs is 2. The molecule has 0 bridgehead atoms. The van der Waals surface area contributed by atoms with Crippen LogP contribution < -0.4 is 11.5 Å². The second kappa shape index (κ2) is 5.93. The number of aromatic amines is 1. The van der Waals surface area contributed by atoms with Gasteiger partial charge < -0.3 is 20.9 Å². The quantitative estimate of drug-likeness (QED) is 0.286. The number of rotatable bonds is 4. The Morgan fingerprint density at radius 3 is 2.27 bits per heavy atom. The van der Waals surface area contributed by atoms with Crippen molar-refractivity contribution in [1.29, 1.82) is 10.8 Å². The van der Waals surface area contributed by atoms with E-state index in [-0.39, 0.29) is 11.7 Å². The number of aromatic nitrogens is 1. The van der Waals surface area contributed by atoms with E-state index in [0.717, 1.165) is 27.6 Å². The molecule has 0 amide bonds. The number of nitrogens with one attached hydrogen (secondary N) is 3. The van der Waals surface area contributed by atoms with Crippen molar-refractivity contribution in [2.45, 2.75) is 0 Å². The first-order valence-electron chi connectivity index (χ1n) is 8.03. The molecule has 0 unspecified atom stereocenters. The average Bonchev–Trinajstić information content (AvgIpc) is 3.21. The van der Waals surface area contributed by atoms with Gasteiger partial charge in [0.15, 0.2) is 0 Å². The summed E-state index contributed by atoms with van der Waals surface area (Å²) in [6.07, 6.45) is 3.81. The third-order valence-corrected chi connectivity index (χ3v) is 4.23. The van der Waals surface area contributed by atoms with Crippen LogP contribution in [0.15, 0.2) is 52.9 Å². The molecule has 6 nitrogen and oxygen atoms in total. The molecule has 0 atom stereocenters. The summed E-state index contributed by atoms with van der Waals surface area (Å²) < 4.78 is 5.79. The summed E-state index contributed by atoms with van der Waals surface area (Å²) in [6, 6.07) is 14.9. The highest BCUT2D eigenvalue weighted by molar-refractivity contribution is 6.00. The van der Waals surface area contributed by atoms with E-state index in [4.69, 9.17) is 26.7 Å². The van der Waals surface area contributed by atoms with Gasteiger partial charge in [0, 0.05) is 33.1 Å². The maximum atomic E-state index is 7.53. The van der Waals surface area contributed by atoms with Crippen LogP contribution in [0.2, 0.25) is 0 Å². The Labute approximate surface area is 149 Å². The fraction of sp³-hybridized carbons (Fsp3) is 0. The Morgan fingerprint density at radius 1 is 0.846 bits per heavy atom. The first-order chi connectivity index (χ1) is 12.5. The summed E-state index contributed by atoms with van der Waals surface area (Å²) in [5.74, 6) is 0.800. The molecule has 0 saturated carbocycles. The Hall–Kier alpha value is -3.80. The van der Waals surface area contributed by atoms with Crippen LogP contribution in [-0.4, -0.2) is 16.7 Å². The molecule has 2 aromatic carbocycles. The number of H-pyrrole nitrogens is 1. The zero-order valence-electron chi connectivity index (χ0n) is 13.8. The summed E-state index contributed by atoms with van der Waals surface area (Å²) in [4.78, 5) is 3.31. The van der Waals surface area contributed by atoms with Crippen molar-refractivity contribution in [1.82, 2.24) is 4.98 Å². The van der Waals surface area contributed by atoms with Gasteiger partial charge in [0.1, 0.15) is 23.0 Å². The van der Waals surface area contributed by atoms with Crippen LogP contribution in [0.1, 0.15) is 22.6 Å². The van der Waals surface area contributed by atoms with E-state index in [2.05, 4.69) is 4.98 Å². The minimum absolute atomic E-state index is 0.0354. The third kappa shape index (κ3) is 2.84. The fourth-order valence-corrected chi connectivity index (χ4v) is 2.90. The van der Waals surface area contributed by atoms with E-state index in [9.17, 15) is 0 Å². The van der Waals surface area contributed by atoms with Gasteiger partial charge in [-0.1, -0.05) is 0 Å². The van der Waals surface area contributed by atoms with Crippen molar-refractivity contribution in [3.8, 4) is 0 Å². The van der Waals surface area contributed by atoms with Crippen molar-refractivity contribution in [2.24, 2.45) is 11.5 Å². The minimum atomic E-state index is 0.0354. The molecule has 0 aliphatic rings. The normalized spacial score (nSPS) is 11.5. The number of hydrogen-bond acceptors (Lipinski definition) is 3. The van der Waals surface area contributed by atoms with Gasteiger partial charge in [-0.25, -0.2) is 0 Å². The zero-order valence-corrected chi connectivity index (χ0v) is 13.8. The van der Waals surface area contributed by atoms with Crippen molar-refractivity contribution in [3.05, 3.63) is 71.1 Å². The molecular weight excluding hydrogens is 326 g/mol. The second-order valence-electron chi connectivity index (χ2n) is 6.09. The van der Waals surface area contributed by atoms with Crippen LogP contribution in [0.25, 0.3) is 34.0 Å². The average molecular weight is 343 g/mol. The SMILES string of the molecule is N=C(N)c1ccc2[nH]c(/C=C/c3cc4cc(C(=N)N)ccc4o3)cc2c1. The van der Waals surface area contributed by atoms with Crippen LogP contribution in [0, 0.1) is 10.8 Å². The Bertz CT molecular complexity index is 1100. The largest absolute Gasteiger partial charge is 0.457 e. The molecular formula is C20H17N5O. The molecule has 0 aliphatic heterocycles. The topological polar surface area (TPSA) is 129 Å². The van der Waals surface area contributed by atoms with Gasteiger partial charge in [0.05, 0.1) is 0 Å². The van der Waals surface area contributed by atoms with Gasteiger partial charge in [0.25, 0.3) is 0 Å². The minimum Gasteiger partial charge on any atom is -0.457 e. The van der Waals surface area contributed by atoms with E-state index < -0.39 is 0 Å². The van der Waals surface area contributed by atoms with Crippen molar-refractivity contribution in [2.75, 3.05) is 0 Å². The lowest BCUT2D eigenvalue weighted by Gasteiger charge is -1.96. The number of benzene rings is 2. The molecule has 0 aliphatic carbocycles. The molecule has 0 fully saturated rings. The number of amidine groups is 2. The number of nitrogens with two attached hydrogens (primary N) is 2. The van der Waals surface area contributed by atoms with E-state index in [1.54, 1.807) is 6.07 Å². The summed E-state index contributed by atoms with van der Waals surface area (Å²) in [6.45, 7) is 0. The van der Waals surface area contributed by atoms with Gasteiger partial charge in [-0.2, -0.15) is 0 Å². The van der Waals surface area contributed by atoms with Gasteiger partial charge in [-0.15, -0.1) is 0 Å². The number of hydrogen-bond donors (Lipinski definition) is 5. The standard InChI is InChI=1S/C20H17N5O/c21-19(22)11-1-5-17-13(7-11)9-15(25-17)3-4-16-10-14-8-12(20(23)24)2-6-18(14)26-16/h1-10,25H,(H3,21,22)(H3,23,24)/b4-3+. The van der Waals surface area contributed by atoms with Crippen LogP contribution in [0.5, 0.6) is 0 Å². The van der Waals surface area contributed by atoms with Gasteiger partial charge >= 0.3 is 0 Å². The molecule has 128 valence electrons. The fourth-order valence-electron chi connectivity index (χ4n) is 2.90. The van der Waals surface area contributed by atoms with Crippen LogP contribution in [-0.2, 0) is 0 Å². The maximum Gasteiger partial charge on any atom is 0.134 e. The Kier molecular flexibility index (Phi) is 3.58. The monoisotopic (exact) mass is 343 g/mol. The van der Waals surface area contributed by atoms with Crippen molar-refractivity contribution < 1.29 is 4.42 Å². The predicted molar refractivity (Wildman–Crippen MR) is 105 cm³/mol. The first-order valence-corrected chi connectivity index (χ1v) is 8.03. The molecule has 7 N–H and O–H groups in total. The molecule has 0 saturated heterocycles. The molecule has 2 heterocycles. The summed E-state index contributed by atoms with van der Waals surface area (Å²) in [7, 11) is 0. The van der Waals surface area contributed by atoms with Crippen molar-refractivity contribution in [3.63, 3.8) is 0 Å². The lowest BCUT2D eigenvalue weighted by atomic mass is 10.1. The highest BCUT2D eigenvalue weighted by Gasteiger charge is 2.05. The van der Waals surface area contributed by atoms with Gasteiger partial charge in [0.2, 0.25) is 0 Å². The molecule has 26 heavy (non-hydrogen) atoms. The summed E-state index contributed by atoms with van der Waals surface area (Å²) >= 11 is 0. The smallest absolute Gasteiger partial charge is 0.134 e. The van der Waals surface area contributed by atoms with E-state index in [1.807, 2.05) is 54.6 Å². The lowest BCUT2D eigenvalue weighted by Crippen LogP contribution is -2.10. The Balaban J connectivity index is 1.65. The predicted octanol–water partition coefficient (Wildman–Crippen LogP) is 3.65. The molecule has 2 aromatic heterocycles. The Morgan fingerprint density at radius 2 is 1.54 bits per heavy atom. The first kappa shape index (κ1) is 15.7.